The second-order valence-corrected chi connectivity index (χ2v) is 5.24. The van der Waals surface area contributed by atoms with E-state index in [0.29, 0.717) is 11.2 Å². The minimum atomic E-state index is -0.449. The van der Waals surface area contributed by atoms with Crippen LogP contribution in [0.25, 0.3) is 16.6 Å². The molecule has 24 heavy (non-hydrogen) atoms. The fourth-order valence-electron chi connectivity index (χ4n) is 2.53. The lowest BCUT2D eigenvalue weighted by molar-refractivity contribution is 0.428. The highest BCUT2D eigenvalue weighted by atomic mass is 19.1. The number of ether oxygens (including phenoxy) is 1. The van der Waals surface area contributed by atoms with E-state index in [0.717, 1.165) is 11.1 Å². The largest absolute Gasteiger partial charge is 0.434 e. The van der Waals surface area contributed by atoms with Crippen molar-refractivity contribution >= 4 is 11.2 Å². The molecule has 0 aliphatic carbocycles. The maximum absolute atomic E-state index is 13.9. The lowest BCUT2D eigenvalue weighted by atomic mass is 10.1. The van der Waals surface area contributed by atoms with Crippen molar-refractivity contribution in [3.63, 3.8) is 0 Å². The Morgan fingerprint density at radius 1 is 1.00 bits per heavy atom. The Morgan fingerprint density at radius 3 is 2.58 bits per heavy atom. The van der Waals surface area contributed by atoms with Crippen molar-refractivity contribution in [1.29, 1.82) is 0 Å². The lowest BCUT2D eigenvalue weighted by Crippen LogP contribution is -1.98. The summed E-state index contributed by atoms with van der Waals surface area (Å²) in [5.74, 6) is -0.0515. The molecule has 0 unspecified atom stereocenters. The van der Waals surface area contributed by atoms with Crippen LogP contribution in [-0.2, 0) is 0 Å². The predicted molar refractivity (Wildman–Crippen MR) is 89.3 cm³/mol. The van der Waals surface area contributed by atoms with Gasteiger partial charge in [-0.2, -0.15) is 10.1 Å². The summed E-state index contributed by atoms with van der Waals surface area (Å²) in [6.07, 6.45) is 3.17. The molecule has 0 saturated heterocycles. The Labute approximate surface area is 137 Å². The zero-order valence-electron chi connectivity index (χ0n) is 12.6. The second-order valence-electron chi connectivity index (χ2n) is 5.24. The van der Waals surface area contributed by atoms with Crippen LogP contribution in [0, 0.1) is 5.82 Å². The molecule has 118 valence electrons. The van der Waals surface area contributed by atoms with Crippen LogP contribution in [0.3, 0.4) is 0 Å². The number of aromatic nitrogens is 3. The summed E-state index contributed by atoms with van der Waals surface area (Å²) < 4.78 is 21.2. The first-order valence-electron chi connectivity index (χ1n) is 7.33. The quantitative estimate of drug-likeness (QED) is 0.581. The van der Waals surface area contributed by atoms with Crippen LogP contribution < -0.4 is 10.5 Å². The van der Waals surface area contributed by atoms with Crippen LogP contribution in [-0.4, -0.2) is 14.6 Å². The zero-order chi connectivity index (χ0) is 16.5. The standard InChI is InChI=1S/C18H13FN4O/c19-15-3-1-2-4-16(15)24-18-17-14(9-10-23(17)22-11-21-18)12-5-7-13(20)8-6-12/h1-11H,20H2. The van der Waals surface area contributed by atoms with Crippen LogP contribution in [0.15, 0.2) is 67.1 Å². The summed E-state index contributed by atoms with van der Waals surface area (Å²) in [7, 11) is 0. The highest BCUT2D eigenvalue weighted by molar-refractivity contribution is 5.84. The molecule has 2 aromatic heterocycles. The van der Waals surface area contributed by atoms with Gasteiger partial charge in [-0.1, -0.05) is 24.3 Å². The van der Waals surface area contributed by atoms with Crippen LogP contribution in [0.4, 0.5) is 10.1 Å². The number of hydrogen-bond acceptors (Lipinski definition) is 4. The normalized spacial score (nSPS) is 10.9. The van der Waals surface area contributed by atoms with Gasteiger partial charge in [0.25, 0.3) is 0 Å². The van der Waals surface area contributed by atoms with Gasteiger partial charge in [0.1, 0.15) is 11.8 Å². The topological polar surface area (TPSA) is 65.4 Å². The van der Waals surface area contributed by atoms with Crippen molar-refractivity contribution in [3.05, 3.63) is 72.9 Å². The first-order chi connectivity index (χ1) is 11.7. The third-order valence-corrected chi connectivity index (χ3v) is 3.69. The second kappa shape index (κ2) is 5.66. The summed E-state index contributed by atoms with van der Waals surface area (Å²) in [4.78, 5) is 4.17. The number of rotatable bonds is 3. The van der Waals surface area contributed by atoms with Gasteiger partial charge in [0.2, 0.25) is 5.88 Å². The fourth-order valence-corrected chi connectivity index (χ4v) is 2.53. The van der Waals surface area contributed by atoms with Gasteiger partial charge in [-0.3, -0.25) is 0 Å². The van der Waals surface area contributed by atoms with E-state index in [1.54, 1.807) is 28.9 Å². The van der Waals surface area contributed by atoms with Gasteiger partial charge in [0.05, 0.1) is 0 Å². The van der Waals surface area contributed by atoms with Gasteiger partial charge in [-0.05, 0) is 35.9 Å². The number of fused-ring (bicyclic) bond motifs is 1. The Morgan fingerprint density at radius 2 is 1.79 bits per heavy atom. The third-order valence-electron chi connectivity index (χ3n) is 3.69. The Hall–Kier alpha value is -3.41. The number of hydrogen-bond donors (Lipinski definition) is 1. The molecule has 4 rings (SSSR count). The molecular weight excluding hydrogens is 307 g/mol. The van der Waals surface area contributed by atoms with Crippen molar-refractivity contribution in [3.8, 4) is 22.8 Å². The molecule has 0 fully saturated rings. The molecule has 2 aromatic carbocycles. The van der Waals surface area contributed by atoms with Crippen molar-refractivity contribution < 1.29 is 9.13 Å². The SMILES string of the molecule is Nc1ccc(-c2ccn3ncnc(Oc4ccccc4F)c23)cc1. The zero-order valence-corrected chi connectivity index (χ0v) is 12.6. The van der Waals surface area contributed by atoms with Gasteiger partial charge in [0, 0.05) is 17.4 Å². The molecule has 0 aliphatic heterocycles. The average Bonchev–Trinajstić information content (AvgIpc) is 3.03. The molecule has 0 atom stereocenters. The summed E-state index contributed by atoms with van der Waals surface area (Å²) in [6, 6.07) is 15.6. The summed E-state index contributed by atoms with van der Waals surface area (Å²) in [5.41, 5.74) is 8.91. The molecule has 0 radical (unpaired) electrons. The number of nitrogens with zero attached hydrogens (tertiary/aromatic N) is 3. The molecular formula is C18H13FN4O. The van der Waals surface area contributed by atoms with E-state index in [1.165, 1.54) is 12.4 Å². The third kappa shape index (κ3) is 2.44. The maximum atomic E-state index is 13.9. The number of benzene rings is 2. The van der Waals surface area contributed by atoms with E-state index < -0.39 is 5.82 Å². The highest BCUT2D eigenvalue weighted by Crippen LogP contribution is 2.33. The van der Waals surface area contributed by atoms with E-state index >= 15 is 0 Å². The van der Waals surface area contributed by atoms with Crippen LogP contribution in [0.2, 0.25) is 0 Å². The van der Waals surface area contributed by atoms with Crippen molar-refractivity contribution in [1.82, 2.24) is 14.6 Å². The van der Waals surface area contributed by atoms with Crippen LogP contribution >= 0.6 is 0 Å². The summed E-state index contributed by atoms with van der Waals surface area (Å²) in [5, 5.41) is 4.18. The number of nitrogen functional groups attached to an aromatic ring is 1. The maximum Gasteiger partial charge on any atom is 0.247 e. The van der Waals surface area contributed by atoms with Gasteiger partial charge in [-0.25, -0.2) is 8.91 Å². The highest BCUT2D eigenvalue weighted by Gasteiger charge is 2.15. The molecule has 0 spiro atoms. The van der Waals surface area contributed by atoms with Crippen molar-refractivity contribution in [2.45, 2.75) is 0 Å². The Bertz CT molecular complexity index is 1010. The van der Waals surface area contributed by atoms with E-state index in [-0.39, 0.29) is 11.6 Å². The molecule has 2 N–H and O–H groups in total. The summed E-state index contributed by atoms with van der Waals surface area (Å²) in [6.45, 7) is 0. The summed E-state index contributed by atoms with van der Waals surface area (Å²) >= 11 is 0. The minimum absolute atomic E-state index is 0.113. The first kappa shape index (κ1) is 14.2. The van der Waals surface area contributed by atoms with Crippen LogP contribution in [0.1, 0.15) is 0 Å². The van der Waals surface area contributed by atoms with E-state index in [2.05, 4.69) is 10.1 Å². The van der Waals surface area contributed by atoms with E-state index in [4.69, 9.17) is 10.5 Å². The van der Waals surface area contributed by atoms with Gasteiger partial charge in [-0.15, -0.1) is 0 Å². The number of halogens is 1. The number of anilines is 1. The van der Waals surface area contributed by atoms with E-state index in [9.17, 15) is 4.39 Å². The molecule has 5 nitrogen and oxygen atoms in total. The molecule has 0 bridgehead atoms. The number of para-hydroxylation sites is 1. The fraction of sp³-hybridized carbons (Fsp3) is 0. The minimum Gasteiger partial charge on any atom is -0.434 e. The molecule has 0 amide bonds. The van der Waals surface area contributed by atoms with Crippen molar-refractivity contribution in [2.75, 3.05) is 5.73 Å². The Kier molecular flexibility index (Phi) is 3.35. The monoisotopic (exact) mass is 320 g/mol. The van der Waals surface area contributed by atoms with E-state index in [1.807, 2.05) is 30.3 Å². The lowest BCUT2D eigenvalue weighted by Gasteiger charge is -2.08. The van der Waals surface area contributed by atoms with Gasteiger partial charge < -0.3 is 10.5 Å². The molecule has 4 aromatic rings. The first-order valence-corrected chi connectivity index (χ1v) is 7.33. The molecule has 0 aliphatic rings. The smallest absolute Gasteiger partial charge is 0.247 e. The van der Waals surface area contributed by atoms with Crippen molar-refractivity contribution in [2.24, 2.45) is 0 Å². The predicted octanol–water partition coefficient (Wildman–Crippen LogP) is 3.91. The van der Waals surface area contributed by atoms with Crippen LogP contribution in [0.5, 0.6) is 11.6 Å². The Balaban J connectivity index is 1.86. The molecule has 2 heterocycles. The van der Waals surface area contributed by atoms with Gasteiger partial charge in [0.15, 0.2) is 11.6 Å². The van der Waals surface area contributed by atoms with Gasteiger partial charge >= 0.3 is 0 Å². The number of nitrogens with two attached hydrogens (primary N) is 1. The average molecular weight is 320 g/mol. The molecule has 6 heteroatoms. The molecule has 0 saturated carbocycles.